The Morgan fingerprint density at radius 1 is 1.16 bits per heavy atom. The first-order valence-corrected chi connectivity index (χ1v) is 6.23. The van der Waals surface area contributed by atoms with Crippen LogP contribution >= 0.6 is 0 Å². The molecule has 106 valence electrons. The molecule has 1 aromatic rings. The first kappa shape index (κ1) is 14.1. The van der Waals surface area contributed by atoms with E-state index in [1.807, 2.05) is 7.05 Å². The van der Waals surface area contributed by atoms with Crippen LogP contribution in [0.4, 0.5) is 18.9 Å². The summed E-state index contributed by atoms with van der Waals surface area (Å²) in [4.78, 5) is 4.37. The first-order valence-electron chi connectivity index (χ1n) is 6.23. The summed E-state index contributed by atoms with van der Waals surface area (Å²) >= 11 is 0. The number of likely N-dealkylation sites (N-methyl/N-ethyl adjacent to an activating group) is 1. The fourth-order valence-electron chi connectivity index (χ4n) is 2.21. The Morgan fingerprint density at radius 2 is 1.79 bits per heavy atom. The second kappa shape index (κ2) is 5.38. The highest BCUT2D eigenvalue weighted by Gasteiger charge is 2.33. The van der Waals surface area contributed by atoms with Gasteiger partial charge in [0.2, 0.25) is 0 Å². The molecule has 0 saturated carbocycles. The molecule has 0 spiro atoms. The summed E-state index contributed by atoms with van der Waals surface area (Å²) in [6.07, 6.45) is -4.39. The number of piperazine rings is 1. The van der Waals surface area contributed by atoms with Gasteiger partial charge in [0.05, 0.1) is 5.56 Å². The van der Waals surface area contributed by atoms with E-state index in [0.29, 0.717) is 12.1 Å². The SMILES string of the molecule is CN1CCN(Cc2ccc(N)c(C(F)(F)F)c2)CC1. The topological polar surface area (TPSA) is 32.5 Å². The third-order valence-corrected chi connectivity index (χ3v) is 3.43. The smallest absolute Gasteiger partial charge is 0.398 e. The number of nitrogen functional groups attached to an aromatic ring is 1. The van der Waals surface area contributed by atoms with E-state index in [2.05, 4.69) is 9.80 Å². The third kappa shape index (κ3) is 3.61. The van der Waals surface area contributed by atoms with Crippen LogP contribution in [0.15, 0.2) is 18.2 Å². The van der Waals surface area contributed by atoms with Crippen LogP contribution in [0.3, 0.4) is 0 Å². The van der Waals surface area contributed by atoms with E-state index in [9.17, 15) is 13.2 Å². The highest BCUT2D eigenvalue weighted by atomic mass is 19.4. The van der Waals surface area contributed by atoms with Gasteiger partial charge in [-0.15, -0.1) is 0 Å². The van der Waals surface area contributed by atoms with E-state index < -0.39 is 11.7 Å². The van der Waals surface area contributed by atoms with Gasteiger partial charge in [0.1, 0.15) is 0 Å². The van der Waals surface area contributed by atoms with E-state index in [4.69, 9.17) is 5.73 Å². The van der Waals surface area contributed by atoms with Crippen LogP contribution < -0.4 is 5.73 Å². The Balaban J connectivity index is 2.09. The van der Waals surface area contributed by atoms with Crippen LogP contribution in [0.5, 0.6) is 0 Å². The van der Waals surface area contributed by atoms with E-state index >= 15 is 0 Å². The molecule has 0 unspecified atom stereocenters. The predicted octanol–water partition coefficient (Wildman–Crippen LogP) is 2.04. The minimum Gasteiger partial charge on any atom is -0.398 e. The van der Waals surface area contributed by atoms with Crippen molar-refractivity contribution in [1.29, 1.82) is 0 Å². The molecule has 2 N–H and O–H groups in total. The molecule has 3 nitrogen and oxygen atoms in total. The van der Waals surface area contributed by atoms with Gasteiger partial charge in [0, 0.05) is 38.4 Å². The molecule has 6 heteroatoms. The quantitative estimate of drug-likeness (QED) is 0.837. The number of alkyl halides is 3. The Hall–Kier alpha value is -1.27. The standard InChI is InChI=1S/C13H18F3N3/c1-18-4-6-19(7-5-18)9-10-2-3-12(17)11(8-10)13(14,15)16/h2-3,8H,4-7,9,17H2,1H3. The fraction of sp³-hybridized carbons (Fsp3) is 0.538. The largest absolute Gasteiger partial charge is 0.418 e. The average molecular weight is 273 g/mol. The van der Waals surface area contributed by atoms with E-state index in [0.717, 1.165) is 32.2 Å². The lowest BCUT2D eigenvalue weighted by molar-refractivity contribution is -0.137. The zero-order valence-corrected chi connectivity index (χ0v) is 10.9. The van der Waals surface area contributed by atoms with Gasteiger partial charge in [0.15, 0.2) is 0 Å². The number of nitrogens with zero attached hydrogens (tertiary/aromatic N) is 2. The van der Waals surface area contributed by atoms with Crippen molar-refractivity contribution in [2.45, 2.75) is 12.7 Å². The maximum Gasteiger partial charge on any atom is 0.418 e. The number of anilines is 1. The van der Waals surface area contributed by atoms with Crippen LogP contribution in [0, 0.1) is 0 Å². The van der Waals surface area contributed by atoms with Gasteiger partial charge in [-0.05, 0) is 24.7 Å². The van der Waals surface area contributed by atoms with Crippen LogP contribution in [-0.2, 0) is 12.7 Å². The molecule has 19 heavy (non-hydrogen) atoms. The number of benzene rings is 1. The van der Waals surface area contributed by atoms with Crippen molar-refractivity contribution in [3.63, 3.8) is 0 Å². The van der Waals surface area contributed by atoms with Gasteiger partial charge in [-0.1, -0.05) is 6.07 Å². The maximum absolute atomic E-state index is 12.8. The lowest BCUT2D eigenvalue weighted by atomic mass is 10.1. The molecular weight excluding hydrogens is 255 g/mol. The predicted molar refractivity (Wildman–Crippen MR) is 68.6 cm³/mol. The van der Waals surface area contributed by atoms with Gasteiger partial charge < -0.3 is 10.6 Å². The normalized spacial score (nSPS) is 18.7. The molecule has 1 aliphatic rings. The van der Waals surface area contributed by atoms with Crippen LogP contribution in [-0.4, -0.2) is 43.0 Å². The van der Waals surface area contributed by atoms with Gasteiger partial charge >= 0.3 is 6.18 Å². The molecule has 1 saturated heterocycles. The summed E-state index contributed by atoms with van der Waals surface area (Å²) in [5, 5.41) is 0. The number of rotatable bonds is 2. The molecule has 1 heterocycles. The van der Waals surface area contributed by atoms with Crippen molar-refractivity contribution in [2.75, 3.05) is 39.0 Å². The molecule has 1 fully saturated rings. The van der Waals surface area contributed by atoms with Crippen molar-refractivity contribution in [3.05, 3.63) is 29.3 Å². The molecule has 0 radical (unpaired) electrons. The molecule has 0 atom stereocenters. The number of halogens is 3. The third-order valence-electron chi connectivity index (χ3n) is 3.43. The second-order valence-electron chi connectivity index (χ2n) is 5.00. The van der Waals surface area contributed by atoms with E-state index in [1.54, 1.807) is 6.07 Å². The van der Waals surface area contributed by atoms with E-state index in [1.165, 1.54) is 6.07 Å². The molecule has 0 amide bonds. The van der Waals surface area contributed by atoms with Crippen molar-refractivity contribution in [2.24, 2.45) is 0 Å². The van der Waals surface area contributed by atoms with Crippen molar-refractivity contribution in [1.82, 2.24) is 9.80 Å². The fourth-order valence-corrected chi connectivity index (χ4v) is 2.21. The minimum absolute atomic E-state index is 0.213. The molecule has 2 rings (SSSR count). The molecule has 1 aliphatic heterocycles. The molecule has 1 aromatic carbocycles. The molecule has 0 aromatic heterocycles. The number of nitrogens with two attached hydrogens (primary N) is 1. The van der Waals surface area contributed by atoms with Gasteiger partial charge in [0.25, 0.3) is 0 Å². The number of hydrogen-bond donors (Lipinski definition) is 1. The zero-order valence-electron chi connectivity index (χ0n) is 10.9. The summed E-state index contributed by atoms with van der Waals surface area (Å²) < 4.78 is 38.3. The van der Waals surface area contributed by atoms with Crippen molar-refractivity contribution in [3.8, 4) is 0 Å². The monoisotopic (exact) mass is 273 g/mol. The summed E-state index contributed by atoms with van der Waals surface area (Å²) in [7, 11) is 2.04. The van der Waals surface area contributed by atoms with Crippen molar-refractivity contribution < 1.29 is 13.2 Å². The second-order valence-corrected chi connectivity index (χ2v) is 5.00. The summed E-state index contributed by atoms with van der Waals surface area (Å²) in [5.74, 6) is 0. The Labute approximate surface area is 110 Å². The summed E-state index contributed by atoms with van der Waals surface area (Å²) in [5.41, 5.74) is 5.09. The summed E-state index contributed by atoms with van der Waals surface area (Å²) in [6.45, 7) is 4.18. The Kier molecular flexibility index (Phi) is 4.01. The first-order chi connectivity index (χ1) is 8.86. The van der Waals surface area contributed by atoms with Crippen LogP contribution in [0.2, 0.25) is 0 Å². The Bertz CT molecular complexity index is 437. The minimum atomic E-state index is -4.39. The maximum atomic E-state index is 12.8. The summed E-state index contributed by atoms with van der Waals surface area (Å²) in [6, 6.07) is 4.17. The highest BCUT2D eigenvalue weighted by Crippen LogP contribution is 2.34. The molecular formula is C13H18F3N3. The zero-order chi connectivity index (χ0) is 14.0. The Morgan fingerprint density at radius 3 is 2.37 bits per heavy atom. The lowest BCUT2D eigenvalue weighted by Crippen LogP contribution is -2.43. The lowest BCUT2D eigenvalue weighted by Gasteiger charge is -2.32. The van der Waals surface area contributed by atoms with Gasteiger partial charge in [-0.25, -0.2) is 0 Å². The number of hydrogen-bond acceptors (Lipinski definition) is 3. The molecule has 0 aliphatic carbocycles. The average Bonchev–Trinajstić information content (AvgIpc) is 2.33. The van der Waals surface area contributed by atoms with Crippen LogP contribution in [0.1, 0.15) is 11.1 Å². The van der Waals surface area contributed by atoms with Gasteiger partial charge in [-0.3, -0.25) is 4.90 Å². The van der Waals surface area contributed by atoms with Crippen LogP contribution in [0.25, 0.3) is 0 Å². The highest BCUT2D eigenvalue weighted by molar-refractivity contribution is 5.50. The van der Waals surface area contributed by atoms with Crippen molar-refractivity contribution >= 4 is 5.69 Å². The van der Waals surface area contributed by atoms with Gasteiger partial charge in [-0.2, -0.15) is 13.2 Å². The van der Waals surface area contributed by atoms with E-state index in [-0.39, 0.29) is 5.69 Å². The molecule has 0 bridgehead atoms.